The summed E-state index contributed by atoms with van der Waals surface area (Å²) in [7, 11) is 1.74. The first-order valence-corrected chi connectivity index (χ1v) is 10.6. The molecule has 0 amide bonds. The van der Waals surface area contributed by atoms with Crippen molar-refractivity contribution < 1.29 is 9.13 Å². The van der Waals surface area contributed by atoms with Gasteiger partial charge in [-0.05, 0) is 69.2 Å². The van der Waals surface area contributed by atoms with Gasteiger partial charge in [0.25, 0.3) is 0 Å². The van der Waals surface area contributed by atoms with E-state index in [1.54, 1.807) is 37.6 Å². The molecule has 164 valence electrons. The van der Waals surface area contributed by atoms with Gasteiger partial charge in [-0.15, -0.1) is 0 Å². The zero-order chi connectivity index (χ0) is 21.8. The summed E-state index contributed by atoms with van der Waals surface area (Å²) in [5, 5.41) is 6.65. The third-order valence-corrected chi connectivity index (χ3v) is 4.93. The molecular weight excluding hydrogens is 381 g/mol. The van der Waals surface area contributed by atoms with Crippen molar-refractivity contribution >= 4 is 5.96 Å². The molecule has 2 rings (SSSR count). The number of aromatic nitrogens is 1. The van der Waals surface area contributed by atoms with E-state index in [9.17, 15) is 4.39 Å². The minimum Gasteiger partial charge on any atom is -0.453 e. The number of nitrogens with one attached hydrogen (secondary N) is 2. The van der Waals surface area contributed by atoms with Crippen molar-refractivity contribution in [3.8, 4) is 11.5 Å². The average molecular weight is 416 g/mol. The molecule has 0 aliphatic heterocycles. The average Bonchev–Trinajstić information content (AvgIpc) is 2.76. The maximum atomic E-state index is 14.4. The first kappa shape index (κ1) is 23.6. The van der Waals surface area contributed by atoms with E-state index in [1.807, 2.05) is 6.07 Å². The topological polar surface area (TPSA) is 61.8 Å². The fourth-order valence-corrected chi connectivity index (χ4v) is 3.12. The van der Waals surface area contributed by atoms with Gasteiger partial charge in [0.2, 0.25) is 0 Å². The fourth-order valence-electron chi connectivity index (χ4n) is 3.12. The third kappa shape index (κ3) is 7.99. The van der Waals surface area contributed by atoms with E-state index in [0.29, 0.717) is 24.3 Å². The predicted molar refractivity (Wildman–Crippen MR) is 121 cm³/mol. The lowest BCUT2D eigenvalue weighted by Gasteiger charge is -2.21. The first-order valence-electron chi connectivity index (χ1n) is 10.6. The highest BCUT2D eigenvalue weighted by Crippen LogP contribution is 2.24. The van der Waals surface area contributed by atoms with Crippen LogP contribution < -0.4 is 15.4 Å². The van der Waals surface area contributed by atoms with Crippen LogP contribution in [0.25, 0.3) is 0 Å². The number of guanidine groups is 1. The minimum absolute atomic E-state index is 0.177. The van der Waals surface area contributed by atoms with E-state index in [4.69, 9.17) is 4.74 Å². The Labute approximate surface area is 179 Å². The van der Waals surface area contributed by atoms with E-state index < -0.39 is 5.82 Å². The highest BCUT2D eigenvalue weighted by molar-refractivity contribution is 5.79. The molecule has 1 unspecified atom stereocenters. The number of ether oxygens (including phenoxy) is 1. The molecule has 1 aromatic carbocycles. The smallest absolute Gasteiger partial charge is 0.191 e. The van der Waals surface area contributed by atoms with Crippen molar-refractivity contribution in [1.82, 2.24) is 20.5 Å². The molecule has 1 atom stereocenters. The Hall–Kier alpha value is -2.67. The second kappa shape index (κ2) is 12.8. The molecule has 30 heavy (non-hydrogen) atoms. The lowest BCUT2D eigenvalue weighted by molar-refractivity contribution is 0.292. The fraction of sp³-hybridized carbons (Fsp3) is 0.478. The Balaban J connectivity index is 1.80. The van der Waals surface area contributed by atoms with Crippen LogP contribution in [0.15, 0.2) is 47.7 Å². The lowest BCUT2D eigenvalue weighted by atomic mass is 10.1. The second-order valence-electron chi connectivity index (χ2n) is 7.20. The zero-order valence-corrected chi connectivity index (χ0v) is 18.5. The summed E-state index contributed by atoms with van der Waals surface area (Å²) in [6, 6.07) is 8.72. The summed E-state index contributed by atoms with van der Waals surface area (Å²) < 4.78 is 19.9. The number of benzene rings is 1. The normalized spacial score (nSPS) is 12.7. The van der Waals surface area contributed by atoms with E-state index >= 15 is 0 Å². The van der Waals surface area contributed by atoms with E-state index in [1.165, 1.54) is 6.07 Å². The molecule has 0 fully saturated rings. The monoisotopic (exact) mass is 415 g/mol. The van der Waals surface area contributed by atoms with Gasteiger partial charge < -0.3 is 20.3 Å². The van der Waals surface area contributed by atoms with Gasteiger partial charge in [-0.25, -0.2) is 4.39 Å². The molecule has 1 aromatic heterocycles. The highest BCUT2D eigenvalue weighted by Gasteiger charge is 2.09. The maximum absolute atomic E-state index is 14.4. The number of hydrogen-bond acceptors (Lipinski definition) is 4. The summed E-state index contributed by atoms with van der Waals surface area (Å²) in [5.41, 5.74) is 0.808. The molecule has 1 heterocycles. The van der Waals surface area contributed by atoms with E-state index in [-0.39, 0.29) is 5.75 Å². The van der Waals surface area contributed by atoms with Gasteiger partial charge in [0, 0.05) is 25.8 Å². The number of pyridine rings is 1. The predicted octanol–water partition coefficient (Wildman–Crippen LogP) is 4.19. The first-order chi connectivity index (χ1) is 14.5. The van der Waals surface area contributed by atoms with Gasteiger partial charge in [-0.1, -0.05) is 19.9 Å². The van der Waals surface area contributed by atoms with Crippen LogP contribution in [-0.2, 0) is 6.54 Å². The van der Waals surface area contributed by atoms with Crippen molar-refractivity contribution in [2.24, 2.45) is 4.99 Å². The number of halogens is 1. The lowest BCUT2D eigenvalue weighted by Crippen LogP contribution is -2.42. The molecule has 0 saturated heterocycles. The highest BCUT2D eigenvalue weighted by atomic mass is 19.1. The van der Waals surface area contributed by atoms with Crippen molar-refractivity contribution in [1.29, 1.82) is 0 Å². The van der Waals surface area contributed by atoms with Gasteiger partial charge in [-0.3, -0.25) is 9.98 Å². The summed E-state index contributed by atoms with van der Waals surface area (Å²) in [4.78, 5) is 10.7. The van der Waals surface area contributed by atoms with Crippen LogP contribution in [0.2, 0.25) is 0 Å². The zero-order valence-electron chi connectivity index (χ0n) is 18.5. The largest absolute Gasteiger partial charge is 0.453 e. The Morgan fingerprint density at radius 3 is 2.70 bits per heavy atom. The Morgan fingerprint density at radius 2 is 2.07 bits per heavy atom. The number of hydrogen-bond donors (Lipinski definition) is 2. The second-order valence-corrected chi connectivity index (χ2v) is 7.20. The summed E-state index contributed by atoms with van der Waals surface area (Å²) in [6.07, 6.45) is 5.39. The molecule has 0 saturated carbocycles. The van der Waals surface area contributed by atoms with Crippen molar-refractivity contribution in [3.05, 3.63) is 54.1 Å². The standard InChI is InChI=1S/C23H34FN5O/c1-5-29(6-2)14-8-9-18(3)28-23(25-4)27-16-19-11-12-22(21(24)15-19)30-20-10-7-13-26-17-20/h7,10-13,15,17-18H,5-6,8-9,14,16H2,1-4H3,(H2,25,27,28). The van der Waals surface area contributed by atoms with Crippen molar-refractivity contribution in [2.45, 2.75) is 46.2 Å². The van der Waals surface area contributed by atoms with Crippen molar-refractivity contribution in [2.75, 3.05) is 26.7 Å². The number of aliphatic imine (C=N–C) groups is 1. The Morgan fingerprint density at radius 1 is 1.27 bits per heavy atom. The quantitative estimate of drug-likeness (QED) is 0.426. The number of nitrogens with zero attached hydrogens (tertiary/aromatic N) is 3. The number of rotatable bonds is 11. The SMILES string of the molecule is CCN(CC)CCCC(C)NC(=NC)NCc1ccc(Oc2cccnc2)c(F)c1. The van der Waals surface area contributed by atoms with Gasteiger partial charge in [0.15, 0.2) is 17.5 Å². The van der Waals surface area contributed by atoms with Crippen LogP contribution in [-0.4, -0.2) is 48.6 Å². The summed E-state index contributed by atoms with van der Waals surface area (Å²) >= 11 is 0. The van der Waals surface area contributed by atoms with Crippen LogP contribution >= 0.6 is 0 Å². The van der Waals surface area contributed by atoms with Crippen LogP contribution in [0.1, 0.15) is 39.2 Å². The van der Waals surface area contributed by atoms with Gasteiger partial charge >= 0.3 is 0 Å². The maximum Gasteiger partial charge on any atom is 0.191 e. The van der Waals surface area contributed by atoms with Gasteiger partial charge in [0.05, 0.1) is 6.20 Å². The molecule has 2 aromatic rings. The Kier molecular flexibility index (Phi) is 10.1. The van der Waals surface area contributed by atoms with Crippen LogP contribution in [0.5, 0.6) is 11.5 Å². The Bertz CT molecular complexity index is 780. The third-order valence-electron chi connectivity index (χ3n) is 4.93. The molecule has 0 radical (unpaired) electrons. The minimum atomic E-state index is -0.411. The van der Waals surface area contributed by atoms with Crippen LogP contribution in [0, 0.1) is 5.82 Å². The molecular formula is C23H34FN5O. The van der Waals surface area contributed by atoms with Gasteiger partial charge in [-0.2, -0.15) is 0 Å². The molecule has 0 aliphatic carbocycles. The molecule has 6 nitrogen and oxygen atoms in total. The van der Waals surface area contributed by atoms with E-state index in [2.05, 4.69) is 46.3 Å². The molecule has 0 bridgehead atoms. The van der Waals surface area contributed by atoms with E-state index in [0.717, 1.165) is 38.0 Å². The van der Waals surface area contributed by atoms with Crippen LogP contribution in [0.3, 0.4) is 0 Å². The van der Waals surface area contributed by atoms with Crippen LogP contribution in [0.4, 0.5) is 4.39 Å². The van der Waals surface area contributed by atoms with Gasteiger partial charge in [0.1, 0.15) is 5.75 Å². The summed E-state index contributed by atoms with van der Waals surface area (Å²) in [6.45, 7) is 10.3. The molecule has 0 spiro atoms. The molecule has 7 heteroatoms. The molecule has 2 N–H and O–H groups in total. The molecule has 0 aliphatic rings. The summed E-state index contributed by atoms with van der Waals surface area (Å²) in [5.74, 6) is 0.977. The van der Waals surface area contributed by atoms with Crippen molar-refractivity contribution in [3.63, 3.8) is 0 Å².